The van der Waals surface area contributed by atoms with E-state index < -0.39 is 5.95 Å². The molecule has 1 saturated heterocycles. The van der Waals surface area contributed by atoms with Crippen molar-refractivity contribution in [2.24, 2.45) is 0 Å². The Hall–Kier alpha value is -1.77. The molecule has 0 saturated carbocycles. The van der Waals surface area contributed by atoms with Gasteiger partial charge in [0.15, 0.2) is 5.13 Å². The normalized spacial score (nSPS) is 20.3. The van der Waals surface area contributed by atoms with Crippen LogP contribution < -0.4 is 10.1 Å². The van der Waals surface area contributed by atoms with E-state index in [9.17, 15) is 9.18 Å². The minimum Gasteiger partial charge on any atom is -0.487 e. The Morgan fingerprint density at radius 2 is 2.35 bits per heavy atom. The number of anilines is 1. The number of carbonyl (C=O) groups is 1. The van der Waals surface area contributed by atoms with Gasteiger partial charge in [0.25, 0.3) is 0 Å². The predicted molar refractivity (Wildman–Crippen MR) is 99.3 cm³/mol. The summed E-state index contributed by atoms with van der Waals surface area (Å²) in [5, 5.41) is 3.24. The van der Waals surface area contributed by atoms with Gasteiger partial charge in [0, 0.05) is 32.5 Å². The molecule has 3 rings (SSSR count). The number of carbonyl (C=O) groups excluding carboxylic acids is 1. The van der Waals surface area contributed by atoms with Gasteiger partial charge in [-0.05, 0) is 25.5 Å². The summed E-state index contributed by atoms with van der Waals surface area (Å²) in [4.78, 5) is 21.6. The van der Waals surface area contributed by atoms with Crippen molar-refractivity contribution in [3.63, 3.8) is 0 Å². The van der Waals surface area contributed by atoms with Gasteiger partial charge >= 0.3 is 0 Å². The van der Waals surface area contributed by atoms with Crippen molar-refractivity contribution in [2.75, 3.05) is 11.9 Å². The van der Waals surface area contributed by atoms with Crippen molar-refractivity contribution in [2.45, 2.75) is 45.9 Å². The summed E-state index contributed by atoms with van der Waals surface area (Å²) in [5.74, 6) is -0.0846. The fourth-order valence-electron chi connectivity index (χ4n) is 2.98. The molecule has 0 spiro atoms. The second kappa shape index (κ2) is 7.85. The highest BCUT2D eigenvalue weighted by Gasteiger charge is 2.32. The van der Waals surface area contributed by atoms with Crippen LogP contribution in [0.3, 0.4) is 0 Å². The largest absolute Gasteiger partial charge is 0.487 e. The van der Waals surface area contributed by atoms with Gasteiger partial charge in [-0.1, -0.05) is 22.9 Å². The van der Waals surface area contributed by atoms with Crippen LogP contribution in [0.25, 0.3) is 0 Å². The first-order valence-corrected chi connectivity index (χ1v) is 9.47. The number of likely N-dealkylation sites (tertiary alicyclic amines) is 1. The molecule has 1 fully saturated rings. The monoisotopic (exact) mass is 398 g/mol. The SMILES string of the molecule is CC(=O)Nc1nc(F)c(CN2CC(Oc3cnc(Cl)cc3C)CC2C)s1. The van der Waals surface area contributed by atoms with E-state index in [1.807, 2.05) is 6.92 Å². The van der Waals surface area contributed by atoms with Gasteiger partial charge in [-0.2, -0.15) is 9.37 Å². The number of thiazole rings is 1. The summed E-state index contributed by atoms with van der Waals surface area (Å²) >= 11 is 7.04. The molecule has 2 aromatic heterocycles. The summed E-state index contributed by atoms with van der Waals surface area (Å²) in [6, 6.07) is 2.01. The maximum Gasteiger partial charge on any atom is 0.230 e. The molecule has 140 valence electrons. The Kier molecular flexibility index (Phi) is 5.74. The first-order chi connectivity index (χ1) is 12.3. The molecule has 3 heterocycles. The molecule has 1 amide bonds. The minimum absolute atomic E-state index is 0.00234. The summed E-state index contributed by atoms with van der Waals surface area (Å²) in [7, 11) is 0. The minimum atomic E-state index is -0.534. The quantitative estimate of drug-likeness (QED) is 0.779. The van der Waals surface area contributed by atoms with Crippen molar-refractivity contribution < 1.29 is 13.9 Å². The average molecular weight is 399 g/mol. The number of aryl methyl sites for hydroxylation is 1. The summed E-state index contributed by atoms with van der Waals surface area (Å²) in [5.41, 5.74) is 0.935. The van der Waals surface area contributed by atoms with Crippen molar-refractivity contribution in [3.05, 3.63) is 33.8 Å². The number of rotatable bonds is 5. The second-order valence-electron chi connectivity index (χ2n) is 6.44. The van der Waals surface area contributed by atoms with E-state index in [2.05, 4.69) is 27.1 Å². The zero-order valence-electron chi connectivity index (χ0n) is 14.8. The standard InChI is InChI=1S/C17H20ClFN4O2S/c1-9-4-15(18)20-6-13(9)25-12-5-10(2)23(7-12)8-14-16(19)22-17(26-14)21-11(3)24/h4,6,10,12H,5,7-8H2,1-3H3,(H,21,22,24). The lowest BCUT2D eigenvalue weighted by Crippen LogP contribution is -2.28. The highest BCUT2D eigenvalue weighted by atomic mass is 35.5. The van der Waals surface area contributed by atoms with Crippen LogP contribution in [-0.4, -0.2) is 39.5 Å². The molecule has 2 atom stereocenters. The summed E-state index contributed by atoms with van der Waals surface area (Å²) < 4.78 is 20.1. The molecular weight excluding hydrogens is 379 g/mol. The van der Waals surface area contributed by atoms with Crippen LogP contribution in [0.4, 0.5) is 9.52 Å². The van der Waals surface area contributed by atoms with Gasteiger partial charge in [-0.3, -0.25) is 9.69 Å². The fourth-order valence-corrected chi connectivity index (χ4v) is 4.11. The van der Waals surface area contributed by atoms with Crippen molar-refractivity contribution in [1.82, 2.24) is 14.9 Å². The van der Waals surface area contributed by atoms with Crippen LogP contribution in [-0.2, 0) is 11.3 Å². The van der Waals surface area contributed by atoms with Crippen LogP contribution >= 0.6 is 22.9 Å². The molecule has 6 nitrogen and oxygen atoms in total. The van der Waals surface area contributed by atoms with Crippen LogP contribution in [0.5, 0.6) is 5.75 Å². The number of aromatic nitrogens is 2. The summed E-state index contributed by atoms with van der Waals surface area (Å²) in [6.45, 7) is 6.49. The zero-order chi connectivity index (χ0) is 18.8. The molecule has 0 bridgehead atoms. The molecule has 2 unspecified atom stereocenters. The van der Waals surface area contributed by atoms with Crippen molar-refractivity contribution >= 4 is 34.0 Å². The lowest BCUT2D eigenvalue weighted by atomic mass is 10.2. The first-order valence-electron chi connectivity index (χ1n) is 8.27. The van der Waals surface area contributed by atoms with Gasteiger partial charge in [0.2, 0.25) is 11.9 Å². The molecule has 0 aromatic carbocycles. The summed E-state index contributed by atoms with van der Waals surface area (Å²) in [6.07, 6.45) is 2.46. The van der Waals surface area contributed by atoms with E-state index in [1.165, 1.54) is 6.92 Å². The van der Waals surface area contributed by atoms with E-state index in [-0.39, 0.29) is 23.2 Å². The van der Waals surface area contributed by atoms with E-state index in [0.717, 1.165) is 23.3 Å². The van der Waals surface area contributed by atoms with Gasteiger partial charge < -0.3 is 10.1 Å². The van der Waals surface area contributed by atoms with Crippen LogP contribution in [0, 0.1) is 12.9 Å². The predicted octanol–water partition coefficient (Wildman–Crippen LogP) is 3.64. The Morgan fingerprint density at radius 3 is 3.04 bits per heavy atom. The lowest BCUT2D eigenvalue weighted by molar-refractivity contribution is -0.114. The number of hydrogen-bond donors (Lipinski definition) is 1. The second-order valence-corrected chi connectivity index (χ2v) is 7.91. The smallest absolute Gasteiger partial charge is 0.230 e. The van der Waals surface area contributed by atoms with E-state index >= 15 is 0 Å². The highest BCUT2D eigenvalue weighted by molar-refractivity contribution is 7.15. The van der Waals surface area contributed by atoms with Crippen molar-refractivity contribution in [3.8, 4) is 5.75 Å². The Balaban J connectivity index is 1.64. The Bertz CT molecular complexity index is 816. The Morgan fingerprint density at radius 1 is 1.58 bits per heavy atom. The third-order valence-corrected chi connectivity index (χ3v) is 5.41. The lowest BCUT2D eigenvalue weighted by Gasteiger charge is -2.19. The number of hydrogen-bond acceptors (Lipinski definition) is 6. The average Bonchev–Trinajstić information content (AvgIpc) is 3.05. The van der Waals surface area contributed by atoms with Crippen molar-refractivity contribution in [1.29, 1.82) is 0 Å². The third-order valence-electron chi connectivity index (χ3n) is 4.27. The molecular formula is C17H20ClFN4O2S. The maximum absolute atomic E-state index is 14.0. The van der Waals surface area contributed by atoms with E-state index in [0.29, 0.717) is 28.9 Å². The highest BCUT2D eigenvalue weighted by Crippen LogP contribution is 2.29. The van der Waals surface area contributed by atoms with Crippen LogP contribution in [0.1, 0.15) is 30.7 Å². The van der Waals surface area contributed by atoms with Gasteiger partial charge in [0.1, 0.15) is 17.0 Å². The molecule has 26 heavy (non-hydrogen) atoms. The number of ether oxygens (including phenoxy) is 1. The molecule has 2 aromatic rings. The molecule has 9 heteroatoms. The number of amides is 1. The molecule has 1 N–H and O–H groups in total. The fraction of sp³-hybridized carbons (Fsp3) is 0.471. The maximum atomic E-state index is 14.0. The molecule has 0 radical (unpaired) electrons. The van der Waals surface area contributed by atoms with Crippen LogP contribution in [0.2, 0.25) is 5.15 Å². The van der Waals surface area contributed by atoms with Gasteiger partial charge in [-0.25, -0.2) is 4.98 Å². The number of nitrogens with one attached hydrogen (secondary N) is 1. The number of nitrogens with zero attached hydrogens (tertiary/aromatic N) is 3. The Labute approximate surface area is 160 Å². The molecule has 1 aliphatic rings. The van der Waals surface area contributed by atoms with Gasteiger partial charge in [0.05, 0.1) is 11.1 Å². The molecule has 0 aliphatic carbocycles. The number of halogens is 2. The first kappa shape index (κ1) is 19.0. The van der Waals surface area contributed by atoms with Crippen LogP contribution in [0.15, 0.2) is 12.3 Å². The number of pyridine rings is 1. The third kappa shape index (κ3) is 4.49. The zero-order valence-corrected chi connectivity index (χ0v) is 16.3. The topological polar surface area (TPSA) is 67.4 Å². The van der Waals surface area contributed by atoms with Gasteiger partial charge in [-0.15, -0.1) is 0 Å². The van der Waals surface area contributed by atoms with E-state index in [4.69, 9.17) is 16.3 Å². The molecule has 1 aliphatic heterocycles. The van der Waals surface area contributed by atoms with E-state index in [1.54, 1.807) is 12.3 Å².